The van der Waals surface area contributed by atoms with Crippen LogP contribution in [0.4, 0.5) is 0 Å². The summed E-state index contributed by atoms with van der Waals surface area (Å²) < 4.78 is 7.43. The Kier molecular flexibility index (Phi) is 7.69. The van der Waals surface area contributed by atoms with Crippen molar-refractivity contribution in [3.05, 3.63) is 70.9 Å². The SMILES string of the molecule is COc1ccc(CNC(=O)/C(C#N)=C/c2c(C)n(CCCN(C)C)c3ccccc23)cc1. The van der Waals surface area contributed by atoms with Crippen LogP contribution in [0.2, 0.25) is 0 Å². The summed E-state index contributed by atoms with van der Waals surface area (Å²) in [7, 11) is 5.75. The van der Waals surface area contributed by atoms with Gasteiger partial charge in [0.25, 0.3) is 5.91 Å². The third-order valence-corrected chi connectivity index (χ3v) is 5.53. The van der Waals surface area contributed by atoms with E-state index in [4.69, 9.17) is 4.74 Å². The second kappa shape index (κ2) is 10.7. The summed E-state index contributed by atoms with van der Waals surface area (Å²) in [5.41, 5.74) is 4.12. The van der Waals surface area contributed by atoms with Gasteiger partial charge in [-0.05, 0) is 63.8 Å². The maximum absolute atomic E-state index is 12.7. The fourth-order valence-corrected chi connectivity index (χ4v) is 3.79. The molecule has 0 fully saturated rings. The topological polar surface area (TPSA) is 70.3 Å². The molecule has 32 heavy (non-hydrogen) atoms. The molecule has 1 N–H and O–H groups in total. The monoisotopic (exact) mass is 430 g/mol. The van der Waals surface area contributed by atoms with E-state index in [1.165, 1.54) is 0 Å². The molecule has 0 aliphatic heterocycles. The summed E-state index contributed by atoms with van der Waals surface area (Å²) in [6, 6.07) is 17.7. The van der Waals surface area contributed by atoms with Crippen LogP contribution in [-0.2, 0) is 17.9 Å². The highest BCUT2D eigenvalue weighted by molar-refractivity contribution is 6.04. The van der Waals surface area contributed by atoms with Gasteiger partial charge in [-0.1, -0.05) is 30.3 Å². The van der Waals surface area contributed by atoms with Crippen LogP contribution >= 0.6 is 0 Å². The van der Waals surface area contributed by atoms with Gasteiger partial charge in [-0.2, -0.15) is 5.26 Å². The molecule has 0 aliphatic carbocycles. The van der Waals surface area contributed by atoms with Crippen LogP contribution in [0.15, 0.2) is 54.1 Å². The second-order valence-corrected chi connectivity index (χ2v) is 8.03. The van der Waals surface area contributed by atoms with E-state index in [1.807, 2.05) is 49.4 Å². The minimum atomic E-state index is -0.382. The summed E-state index contributed by atoms with van der Waals surface area (Å²) in [6.07, 6.45) is 2.73. The lowest BCUT2D eigenvalue weighted by Crippen LogP contribution is -2.23. The minimum absolute atomic E-state index is 0.0952. The number of ether oxygens (including phenoxy) is 1. The molecular weight excluding hydrogens is 400 g/mol. The molecule has 0 aliphatic rings. The molecule has 1 aromatic heterocycles. The number of para-hydroxylation sites is 1. The lowest BCUT2D eigenvalue weighted by molar-refractivity contribution is -0.117. The van der Waals surface area contributed by atoms with Crippen LogP contribution in [0.1, 0.15) is 23.2 Å². The normalized spacial score (nSPS) is 11.6. The van der Waals surface area contributed by atoms with Gasteiger partial charge in [0.15, 0.2) is 0 Å². The Morgan fingerprint density at radius 3 is 2.56 bits per heavy atom. The maximum Gasteiger partial charge on any atom is 0.262 e. The van der Waals surface area contributed by atoms with Gasteiger partial charge < -0.3 is 19.5 Å². The van der Waals surface area contributed by atoms with Crippen LogP contribution in [0.3, 0.4) is 0 Å². The number of carbonyl (C=O) groups is 1. The lowest BCUT2D eigenvalue weighted by atomic mass is 10.1. The van der Waals surface area contributed by atoms with E-state index in [0.717, 1.165) is 53.0 Å². The van der Waals surface area contributed by atoms with Gasteiger partial charge in [-0.3, -0.25) is 4.79 Å². The molecule has 2 aromatic carbocycles. The number of fused-ring (bicyclic) bond motifs is 1. The van der Waals surface area contributed by atoms with E-state index < -0.39 is 0 Å². The van der Waals surface area contributed by atoms with E-state index in [9.17, 15) is 10.1 Å². The van der Waals surface area contributed by atoms with Crippen molar-refractivity contribution in [2.24, 2.45) is 0 Å². The molecule has 6 heteroatoms. The van der Waals surface area contributed by atoms with Crippen LogP contribution < -0.4 is 10.1 Å². The van der Waals surface area contributed by atoms with Gasteiger partial charge in [0.2, 0.25) is 0 Å². The Bertz CT molecular complexity index is 1150. The van der Waals surface area contributed by atoms with Crippen molar-refractivity contribution in [1.29, 1.82) is 5.26 Å². The van der Waals surface area contributed by atoms with Crippen LogP contribution in [0.25, 0.3) is 17.0 Å². The Hall–Kier alpha value is -3.56. The highest BCUT2D eigenvalue weighted by Crippen LogP contribution is 2.28. The molecule has 0 saturated carbocycles. The van der Waals surface area contributed by atoms with Gasteiger partial charge in [0.05, 0.1) is 7.11 Å². The number of hydrogen-bond acceptors (Lipinski definition) is 4. The van der Waals surface area contributed by atoms with Gasteiger partial charge in [0, 0.05) is 35.2 Å². The molecular formula is C26H30N4O2. The number of carbonyl (C=O) groups excluding carboxylic acids is 1. The molecule has 0 bridgehead atoms. The second-order valence-electron chi connectivity index (χ2n) is 8.03. The molecule has 3 rings (SSSR count). The molecule has 3 aromatic rings. The highest BCUT2D eigenvalue weighted by Gasteiger charge is 2.15. The van der Waals surface area contributed by atoms with Crippen molar-refractivity contribution in [3.8, 4) is 11.8 Å². The number of hydrogen-bond donors (Lipinski definition) is 1. The average molecular weight is 431 g/mol. The molecule has 0 spiro atoms. The summed E-state index contributed by atoms with van der Waals surface area (Å²) >= 11 is 0. The molecule has 0 atom stereocenters. The fourth-order valence-electron chi connectivity index (χ4n) is 3.79. The highest BCUT2D eigenvalue weighted by atomic mass is 16.5. The van der Waals surface area contributed by atoms with Gasteiger partial charge in [-0.25, -0.2) is 0 Å². The molecule has 166 valence electrons. The van der Waals surface area contributed by atoms with E-state index >= 15 is 0 Å². The van der Waals surface area contributed by atoms with Crippen LogP contribution in [0.5, 0.6) is 5.75 Å². The first-order chi connectivity index (χ1) is 15.4. The first-order valence-electron chi connectivity index (χ1n) is 10.7. The van der Waals surface area contributed by atoms with Crippen LogP contribution in [-0.4, -0.2) is 43.1 Å². The molecule has 6 nitrogen and oxygen atoms in total. The number of methoxy groups -OCH3 is 1. The van der Waals surface area contributed by atoms with E-state index in [2.05, 4.69) is 41.0 Å². The summed E-state index contributed by atoms with van der Waals surface area (Å²) in [6.45, 7) is 4.26. The maximum atomic E-state index is 12.7. The lowest BCUT2D eigenvalue weighted by Gasteiger charge is -2.12. The van der Waals surface area contributed by atoms with Crippen LogP contribution in [0, 0.1) is 18.3 Å². The number of nitrogens with zero attached hydrogens (tertiary/aromatic N) is 3. The Balaban J connectivity index is 1.84. The molecule has 1 amide bonds. The Labute approximate surface area is 189 Å². The standard InChI is InChI=1S/C26H30N4O2/c1-19-24(23-8-5-6-9-25(23)30(19)15-7-14-29(2)3)16-21(17-27)26(31)28-18-20-10-12-22(32-4)13-11-20/h5-6,8-13,16H,7,14-15,18H2,1-4H3,(H,28,31)/b21-16+. The van der Waals surface area contributed by atoms with E-state index in [-0.39, 0.29) is 11.5 Å². The fraction of sp³-hybridized carbons (Fsp3) is 0.308. The first kappa shape index (κ1) is 23.1. The van der Waals surface area contributed by atoms with E-state index in [0.29, 0.717) is 6.54 Å². The summed E-state index contributed by atoms with van der Waals surface area (Å²) in [5, 5.41) is 13.6. The zero-order valence-electron chi connectivity index (χ0n) is 19.2. The Morgan fingerprint density at radius 2 is 1.91 bits per heavy atom. The minimum Gasteiger partial charge on any atom is -0.497 e. The van der Waals surface area contributed by atoms with Gasteiger partial charge in [-0.15, -0.1) is 0 Å². The Morgan fingerprint density at radius 1 is 1.19 bits per heavy atom. The predicted molar refractivity (Wildman–Crippen MR) is 128 cm³/mol. The first-order valence-corrected chi connectivity index (χ1v) is 10.7. The van der Waals surface area contributed by atoms with E-state index in [1.54, 1.807) is 13.2 Å². The smallest absolute Gasteiger partial charge is 0.262 e. The zero-order valence-corrected chi connectivity index (χ0v) is 19.2. The number of nitriles is 1. The third kappa shape index (κ3) is 5.37. The number of benzene rings is 2. The number of aryl methyl sites for hydroxylation is 1. The number of rotatable bonds is 9. The number of aromatic nitrogens is 1. The van der Waals surface area contributed by atoms with Crippen molar-refractivity contribution in [2.75, 3.05) is 27.7 Å². The quantitative estimate of drug-likeness (QED) is 0.409. The number of amides is 1. The van der Waals surface area contributed by atoms with Crippen molar-refractivity contribution in [1.82, 2.24) is 14.8 Å². The summed E-state index contributed by atoms with van der Waals surface area (Å²) in [5.74, 6) is 0.377. The number of nitrogens with one attached hydrogen (secondary N) is 1. The molecule has 0 radical (unpaired) electrons. The van der Waals surface area contributed by atoms with Crippen molar-refractivity contribution < 1.29 is 9.53 Å². The molecule has 1 heterocycles. The summed E-state index contributed by atoms with van der Waals surface area (Å²) in [4.78, 5) is 14.9. The molecule has 0 unspecified atom stereocenters. The average Bonchev–Trinajstić information content (AvgIpc) is 3.06. The van der Waals surface area contributed by atoms with Crippen molar-refractivity contribution >= 4 is 22.9 Å². The van der Waals surface area contributed by atoms with Gasteiger partial charge in [0.1, 0.15) is 17.4 Å². The van der Waals surface area contributed by atoms with Gasteiger partial charge >= 0.3 is 0 Å². The van der Waals surface area contributed by atoms with Crippen molar-refractivity contribution in [2.45, 2.75) is 26.4 Å². The third-order valence-electron chi connectivity index (χ3n) is 5.53. The molecule has 0 saturated heterocycles. The largest absolute Gasteiger partial charge is 0.497 e. The predicted octanol–water partition coefficient (Wildman–Crippen LogP) is 4.13. The van der Waals surface area contributed by atoms with Crippen molar-refractivity contribution in [3.63, 3.8) is 0 Å². The zero-order chi connectivity index (χ0) is 23.1.